The molecule has 0 heterocycles. The molecule has 0 amide bonds. The lowest BCUT2D eigenvalue weighted by Crippen LogP contribution is -2.29. The van der Waals surface area contributed by atoms with Crippen LogP contribution in [0.2, 0.25) is 0 Å². The third kappa shape index (κ3) is 3.81. The highest BCUT2D eigenvalue weighted by atomic mass is 32.2. The van der Waals surface area contributed by atoms with E-state index in [2.05, 4.69) is 31.1 Å². The van der Waals surface area contributed by atoms with Crippen molar-refractivity contribution in [1.29, 1.82) is 0 Å². The SMILES string of the molecule is CCCCSC[C@@H](NC)C1CC1. The van der Waals surface area contributed by atoms with Crippen molar-refractivity contribution in [3.8, 4) is 0 Å². The van der Waals surface area contributed by atoms with Crippen molar-refractivity contribution in [2.24, 2.45) is 5.92 Å². The number of hydrogen-bond donors (Lipinski definition) is 1. The first-order valence-electron chi connectivity index (χ1n) is 5.13. The van der Waals surface area contributed by atoms with E-state index in [1.807, 2.05) is 0 Å². The first-order valence-corrected chi connectivity index (χ1v) is 6.29. The maximum absolute atomic E-state index is 3.42. The fourth-order valence-corrected chi connectivity index (χ4v) is 2.76. The average Bonchev–Trinajstić information content (AvgIpc) is 2.88. The summed E-state index contributed by atoms with van der Waals surface area (Å²) in [7, 11) is 2.10. The van der Waals surface area contributed by atoms with E-state index in [1.54, 1.807) is 0 Å². The molecule has 12 heavy (non-hydrogen) atoms. The summed E-state index contributed by atoms with van der Waals surface area (Å²) in [6.45, 7) is 2.26. The molecule has 0 aromatic carbocycles. The predicted molar refractivity (Wildman–Crippen MR) is 57.8 cm³/mol. The summed E-state index contributed by atoms with van der Waals surface area (Å²) < 4.78 is 0. The second-order valence-corrected chi connectivity index (χ2v) is 4.81. The van der Waals surface area contributed by atoms with Crippen LogP contribution in [0.15, 0.2) is 0 Å². The van der Waals surface area contributed by atoms with Gasteiger partial charge in [0, 0.05) is 11.8 Å². The molecule has 72 valence electrons. The maximum atomic E-state index is 3.42. The van der Waals surface area contributed by atoms with Gasteiger partial charge < -0.3 is 5.32 Å². The zero-order chi connectivity index (χ0) is 8.81. The molecule has 1 aliphatic carbocycles. The van der Waals surface area contributed by atoms with E-state index in [4.69, 9.17) is 0 Å². The lowest BCUT2D eigenvalue weighted by atomic mass is 10.2. The highest BCUT2D eigenvalue weighted by molar-refractivity contribution is 7.99. The van der Waals surface area contributed by atoms with Crippen molar-refractivity contribution < 1.29 is 0 Å². The summed E-state index contributed by atoms with van der Waals surface area (Å²) in [5.41, 5.74) is 0. The zero-order valence-corrected chi connectivity index (χ0v) is 9.12. The number of rotatable bonds is 7. The summed E-state index contributed by atoms with van der Waals surface area (Å²) in [4.78, 5) is 0. The highest BCUT2D eigenvalue weighted by Crippen LogP contribution is 2.33. The van der Waals surface area contributed by atoms with E-state index >= 15 is 0 Å². The van der Waals surface area contributed by atoms with Crippen LogP contribution in [0.1, 0.15) is 32.6 Å². The first-order chi connectivity index (χ1) is 5.88. The van der Waals surface area contributed by atoms with Gasteiger partial charge in [-0.3, -0.25) is 0 Å². The summed E-state index contributed by atoms with van der Waals surface area (Å²) in [5.74, 6) is 3.67. The molecule has 0 saturated heterocycles. The Morgan fingerprint density at radius 1 is 1.50 bits per heavy atom. The molecular weight excluding hydrogens is 166 g/mol. The Morgan fingerprint density at radius 3 is 2.75 bits per heavy atom. The molecule has 0 spiro atoms. The third-order valence-electron chi connectivity index (χ3n) is 2.50. The summed E-state index contributed by atoms with van der Waals surface area (Å²) >= 11 is 2.12. The predicted octanol–water partition coefficient (Wildman–Crippen LogP) is 2.52. The normalized spacial score (nSPS) is 19.5. The molecule has 0 radical (unpaired) electrons. The fraction of sp³-hybridized carbons (Fsp3) is 1.00. The maximum Gasteiger partial charge on any atom is 0.0183 e. The number of hydrogen-bond acceptors (Lipinski definition) is 2. The summed E-state index contributed by atoms with van der Waals surface area (Å²) in [6, 6.07) is 0.798. The highest BCUT2D eigenvalue weighted by Gasteiger charge is 2.29. The van der Waals surface area contributed by atoms with Crippen LogP contribution in [-0.2, 0) is 0 Å². The third-order valence-corrected chi connectivity index (χ3v) is 3.67. The molecule has 1 atom stereocenters. The van der Waals surface area contributed by atoms with Crippen molar-refractivity contribution in [2.75, 3.05) is 18.6 Å². The molecule has 0 aliphatic heterocycles. The van der Waals surface area contributed by atoms with Gasteiger partial charge in [0.15, 0.2) is 0 Å². The van der Waals surface area contributed by atoms with Gasteiger partial charge >= 0.3 is 0 Å². The van der Waals surface area contributed by atoms with Gasteiger partial charge in [-0.05, 0) is 38.0 Å². The second-order valence-electron chi connectivity index (χ2n) is 3.66. The van der Waals surface area contributed by atoms with Crippen molar-refractivity contribution in [1.82, 2.24) is 5.32 Å². The molecule has 1 saturated carbocycles. The average molecular weight is 187 g/mol. The van der Waals surface area contributed by atoms with Gasteiger partial charge in [0.2, 0.25) is 0 Å². The Morgan fingerprint density at radius 2 is 2.25 bits per heavy atom. The van der Waals surface area contributed by atoms with Crippen LogP contribution >= 0.6 is 11.8 Å². The molecule has 0 unspecified atom stereocenters. The zero-order valence-electron chi connectivity index (χ0n) is 8.31. The molecule has 1 rings (SSSR count). The molecular formula is C10H21NS. The fourth-order valence-electron chi connectivity index (χ4n) is 1.41. The van der Waals surface area contributed by atoms with Gasteiger partial charge in [0.25, 0.3) is 0 Å². The minimum absolute atomic E-state index is 0.798. The smallest absolute Gasteiger partial charge is 0.0183 e. The van der Waals surface area contributed by atoms with Gasteiger partial charge in [-0.1, -0.05) is 13.3 Å². The molecule has 0 bridgehead atoms. The lowest BCUT2D eigenvalue weighted by molar-refractivity contribution is 0.553. The monoisotopic (exact) mass is 187 g/mol. The Labute approximate surface area is 80.7 Å². The largest absolute Gasteiger partial charge is 0.316 e. The first kappa shape index (κ1) is 10.4. The van der Waals surface area contributed by atoms with E-state index in [-0.39, 0.29) is 0 Å². The van der Waals surface area contributed by atoms with Crippen LogP contribution in [0.25, 0.3) is 0 Å². The minimum atomic E-state index is 0.798. The topological polar surface area (TPSA) is 12.0 Å². The molecule has 1 nitrogen and oxygen atoms in total. The van der Waals surface area contributed by atoms with Gasteiger partial charge in [-0.2, -0.15) is 11.8 Å². The number of unbranched alkanes of at least 4 members (excludes halogenated alkanes) is 1. The van der Waals surface area contributed by atoms with Crippen molar-refractivity contribution in [3.63, 3.8) is 0 Å². The molecule has 1 N–H and O–H groups in total. The van der Waals surface area contributed by atoms with E-state index < -0.39 is 0 Å². The Hall–Kier alpha value is 0.310. The van der Waals surface area contributed by atoms with Gasteiger partial charge in [-0.25, -0.2) is 0 Å². The van der Waals surface area contributed by atoms with Gasteiger partial charge in [0.05, 0.1) is 0 Å². The van der Waals surface area contributed by atoms with Crippen LogP contribution in [0, 0.1) is 5.92 Å². The van der Waals surface area contributed by atoms with Gasteiger partial charge in [-0.15, -0.1) is 0 Å². The summed E-state index contributed by atoms with van der Waals surface area (Å²) in [6.07, 6.45) is 5.63. The van der Waals surface area contributed by atoms with Crippen molar-refractivity contribution in [2.45, 2.75) is 38.6 Å². The van der Waals surface area contributed by atoms with E-state index in [0.29, 0.717) is 0 Å². The standard InChI is InChI=1S/C10H21NS/c1-3-4-7-12-8-10(11-2)9-5-6-9/h9-11H,3-8H2,1-2H3/t10-/m1/s1. The van der Waals surface area contributed by atoms with Crippen LogP contribution in [-0.4, -0.2) is 24.6 Å². The van der Waals surface area contributed by atoms with Crippen molar-refractivity contribution >= 4 is 11.8 Å². The molecule has 2 heteroatoms. The quantitative estimate of drug-likeness (QED) is 0.615. The van der Waals surface area contributed by atoms with Crippen LogP contribution in [0.5, 0.6) is 0 Å². The second kappa shape index (κ2) is 5.87. The Kier molecular flexibility index (Phi) is 5.08. The minimum Gasteiger partial charge on any atom is -0.316 e. The van der Waals surface area contributed by atoms with Crippen LogP contribution in [0.3, 0.4) is 0 Å². The van der Waals surface area contributed by atoms with E-state index in [0.717, 1.165) is 12.0 Å². The number of nitrogens with one attached hydrogen (secondary N) is 1. The molecule has 0 aromatic rings. The Bertz CT molecular complexity index is 112. The van der Waals surface area contributed by atoms with Crippen LogP contribution in [0.4, 0.5) is 0 Å². The van der Waals surface area contributed by atoms with E-state index in [1.165, 1.54) is 37.2 Å². The summed E-state index contributed by atoms with van der Waals surface area (Å²) in [5, 5.41) is 3.42. The van der Waals surface area contributed by atoms with E-state index in [9.17, 15) is 0 Å². The Balaban J connectivity index is 1.95. The van der Waals surface area contributed by atoms with Crippen molar-refractivity contribution in [3.05, 3.63) is 0 Å². The molecule has 1 fully saturated rings. The molecule has 0 aromatic heterocycles. The van der Waals surface area contributed by atoms with Crippen LogP contribution < -0.4 is 5.32 Å². The van der Waals surface area contributed by atoms with Gasteiger partial charge in [0.1, 0.15) is 0 Å². The molecule has 1 aliphatic rings. The lowest BCUT2D eigenvalue weighted by Gasteiger charge is -2.14. The number of thioether (sulfide) groups is 1.